The Balaban J connectivity index is 1.73. The van der Waals surface area contributed by atoms with Crippen LogP contribution in [0.3, 0.4) is 0 Å². The average Bonchev–Trinajstić information content (AvgIpc) is 2.91. The van der Waals surface area contributed by atoms with Gasteiger partial charge in [0.15, 0.2) is 0 Å². The summed E-state index contributed by atoms with van der Waals surface area (Å²) in [4.78, 5) is 0. The molecule has 108 valence electrons. The van der Waals surface area contributed by atoms with Crippen LogP contribution in [0.1, 0.15) is 43.9 Å². The molecule has 1 aromatic rings. The molecule has 1 aliphatic carbocycles. The summed E-state index contributed by atoms with van der Waals surface area (Å²) in [6.07, 6.45) is 6.95. The van der Waals surface area contributed by atoms with Gasteiger partial charge in [-0.05, 0) is 38.3 Å². The summed E-state index contributed by atoms with van der Waals surface area (Å²) in [6, 6.07) is 2.07. The van der Waals surface area contributed by atoms with E-state index in [0.717, 1.165) is 38.1 Å². The molecule has 1 N–H and O–H groups in total. The summed E-state index contributed by atoms with van der Waals surface area (Å²) >= 11 is 0. The summed E-state index contributed by atoms with van der Waals surface area (Å²) in [5.41, 5.74) is 1.18. The van der Waals surface area contributed by atoms with E-state index in [1.165, 1.54) is 12.0 Å². The van der Waals surface area contributed by atoms with Gasteiger partial charge in [0.25, 0.3) is 0 Å². The first-order valence-electron chi connectivity index (χ1n) is 7.23. The Hall–Kier alpha value is -0.840. The van der Waals surface area contributed by atoms with E-state index in [9.17, 15) is 0 Å². The third-order valence-electron chi connectivity index (χ3n) is 3.66. The third kappa shape index (κ3) is 4.64. The Labute approximate surface area is 115 Å². The van der Waals surface area contributed by atoms with Crippen LogP contribution in [-0.4, -0.2) is 25.9 Å². The number of rotatable bonds is 7. The predicted molar refractivity (Wildman–Crippen MR) is 73.9 cm³/mol. The zero-order valence-electron chi connectivity index (χ0n) is 12.0. The van der Waals surface area contributed by atoms with Crippen LogP contribution in [0.2, 0.25) is 0 Å². The molecule has 1 saturated carbocycles. The van der Waals surface area contributed by atoms with Crippen LogP contribution in [0.25, 0.3) is 0 Å². The first-order chi connectivity index (χ1) is 9.31. The third-order valence-corrected chi connectivity index (χ3v) is 3.66. The molecule has 4 heteroatoms. The second-order valence-electron chi connectivity index (χ2n) is 5.16. The van der Waals surface area contributed by atoms with Crippen LogP contribution in [0.5, 0.6) is 0 Å². The number of methoxy groups -OCH3 is 1. The monoisotopic (exact) mass is 267 g/mol. The molecule has 0 aromatic carbocycles. The highest BCUT2D eigenvalue weighted by atomic mass is 16.5. The number of ether oxygens (including phenoxy) is 2. The number of nitrogens with one attached hydrogen (secondary N) is 1. The summed E-state index contributed by atoms with van der Waals surface area (Å²) in [6.45, 7) is 4.49. The van der Waals surface area contributed by atoms with Crippen LogP contribution in [0.15, 0.2) is 16.7 Å². The van der Waals surface area contributed by atoms with Crippen molar-refractivity contribution < 1.29 is 13.9 Å². The van der Waals surface area contributed by atoms with E-state index in [1.54, 1.807) is 13.4 Å². The van der Waals surface area contributed by atoms with Crippen LogP contribution < -0.4 is 5.32 Å². The Morgan fingerprint density at radius 1 is 1.37 bits per heavy atom. The highest BCUT2D eigenvalue weighted by Crippen LogP contribution is 2.24. The maximum Gasteiger partial charge on any atom is 0.129 e. The van der Waals surface area contributed by atoms with Gasteiger partial charge in [0, 0.05) is 19.2 Å². The zero-order chi connectivity index (χ0) is 13.5. The normalized spacial score (nSPS) is 23.7. The Morgan fingerprint density at radius 2 is 2.21 bits per heavy atom. The highest BCUT2D eigenvalue weighted by Gasteiger charge is 2.22. The van der Waals surface area contributed by atoms with Crippen molar-refractivity contribution in [2.24, 2.45) is 0 Å². The van der Waals surface area contributed by atoms with E-state index in [0.29, 0.717) is 18.8 Å². The lowest BCUT2D eigenvalue weighted by Crippen LogP contribution is -2.27. The minimum Gasteiger partial charge on any atom is -0.467 e. The molecule has 0 saturated heterocycles. The van der Waals surface area contributed by atoms with E-state index in [4.69, 9.17) is 13.9 Å². The van der Waals surface area contributed by atoms with Crippen molar-refractivity contribution in [2.75, 3.05) is 13.7 Å². The molecule has 0 amide bonds. The smallest absolute Gasteiger partial charge is 0.129 e. The fourth-order valence-electron chi connectivity index (χ4n) is 2.53. The minimum atomic E-state index is 0.306. The fraction of sp³-hybridized carbons (Fsp3) is 0.733. The van der Waals surface area contributed by atoms with Gasteiger partial charge < -0.3 is 19.2 Å². The van der Waals surface area contributed by atoms with Crippen molar-refractivity contribution in [2.45, 2.75) is 58.0 Å². The van der Waals surface area contributed by atoms with Gasteiger partial charge in [0.2, 0.25) is 0 Å². The van der Waals surface area contributed by atoms with E-state index in [2.05, 4.69) is 18.3 Å². The summed E-state index contributed by atoms with van der Waals surface area (Å²) in [7, 11) is 1.78. The van der Waals surface area contributed by atoms with Crippen LogP contribution in [0.4, 0.5) is 0 Å². The van der Waals surface area contributed by atoms with Gasteiger partial charge in [-0.25, -0.2) is 0 Å². The second-order valence-corrected chi connectivity index (χ2v) is 5.16. The van der Waals surface area contributed by atoms with Gasteiger partial charge in [-0.1, -0.05) is 6.92 Å². The van der Waals surface area contributed by atoms with Gasteiger partial charge >= 0.3 is 0 Å². The molecule has 1 heterocycles. The lowest BCUT2D eigenvalue weighted by Gasteiger charge is -2.27. The van der Waals surface area contributed by atoms with Crippen LogP contribution in [-0.2, 0) is 22.6 Å². The summed E-state index contributed by atoms with van der Waals surface area (Å²) < 4.78 is 16.8. The van der Waals surface area contributed by atoms with Gasteiger partial charge in [-0.2, -0.15) is 0 Å². The van der Waals surface area contributed by atoms with Gasteiger partial charge in [0.05, 0.1) is 18.5 Å². The number of hydrogen-bond acceptors (Lipinski definition) is 4. The van der Waals surface area contributed by atoms with Gasteiger partial charge in [-0.15, -0.1) is 0 Å². The van der Waals surface area contributed by atoms with E-state index in [1.807, 2.05) is 0 Å². The molecule has 2 rings (SSSR count). The Kier molecular flexibility index (Phi) is 5.89. The van der Waals surface area contributed by atoms with E-state index < -0.39 is 0 Å². The van der Waals surface area contributed by atoms with Crippen molar-refractivity contribution >= 4 is 0 Å². The van der Waals surface area contributed by atoms with Crippen molar-refractivity contribution in [3.63, 3.8) is 0 Å². The lowest BCUT2D eigenvalue weighted by molar-refractivity contribution is -0.0405. The molecule has 0 aliphatic heterocycles. The van der Waals surface area contributed by atoms with Crippen LogP contribution >= 0.6 is 0 Å². The molecule has 0 radical (unpaired) electrons. The Morgan fingerprint density at radius 3 is 3.00 bits per heavy atom. The first kappa shape index (κ1) is 14.6. The van der Waals surface area contributed by atoms with Gasteiger partial charge in [-0.3, -0.25) is 0 Å². The fourth-order valence-corrected chi connectivity index (χ4v) is 2.53. The predicted octanol–water partition coefficient (Wildman–Crippen LogP) is 2.86. The number of furan rings is 1. The molecular formula is C15H25NO3. The second kappa shape index (κ2) is 7.68. The zero-order valence-corrected chi connectivity index (χ0v) is 12.0. The van der Waals surface area contributed by atoms with Gasteiger partial charge in [0.1, 0.15) is 12.4 Å². The van der Waals surface area contributed by atoms with Crippen molar-refractivity contribution in [1.29, 1.82) is 0 Å². The van der Waals surface area contributed by atoms with Crippen molar-refractivity contribution in [3.05, 3.63) is 23.7 Å². The van der Waals surface area contributed by atoms with Crippen molar-refractivity contribution in [3.8, 4) is 0 Å². The molecule has 1 fully saturated rings. The quantitative estimate of drug-likeness (QED) is 0.825. The number of hydrogen-bond donors (Lipinski definition) is 1. The molecule has 0 spiro atoms. The maximum absolute atomic E-state index is 5.92. The molecule has 4 nitrogen and oxygen atoms in total. The molecular weight excluding hydrogens is 242 g/mol. The molecule has 2 unspecified atom stereocenters. The minimum absolute atomic E-state index is 0.306. The molecule has 2 atom stereocenters. The molecule has 1 aromatic heterocycles. The van der Waals surface area contributed by atoms with Crippen molar-refractivity contribution in [1.82, 2.24) is 5.32 Å². The largest absolute Gasteiger partial charge is 0.467 e. The molecule has 1 aliphatic rings. The Bertz CT molecular complexity index is 364. The average molecular weight is 267 g/mol. The van der Waals surface area contributed by atoms with E-state index in [-0.39, 0.29) is 0 Å². The maximum atomic E-state index is 5.92. The summed E-state index contributed by atoms with van der Waals surface area (Å²) in [5.74, 6) is 0.910. The van der Waals surface area contributed by atoms with E-state index >= 15 is 0 Å². The molecule has 0 bridgehead atoms. The standard InChI is InChI=1S/C15H25NO3/c1-3-16-9-12-7-15(18-10-12)11-19-14-6-4-5-13(8-14)17-2/h7,10,13-14,16H,3-6,8-9,11H2,1-2H3. The highest BCUT2D eigenvalue weighted by molar-refractivity contribution is 5.12. The first-order valence-corrected chi connectivity index (χ1v) is 7.23. The SMILES string of the molecule is CCNCc1coc(COC2CCCC(OC)C2)c1. The topological polar surface area (TPSA) is 43.6 Å². The van der Waals surface area contributed by atoms with Crippen LogP contribution in [0, 0.1) is 0 Å². The summed E-state index contributed by atoms with van der Waals surface area (Å²) in [5, 5.41) is 3.28. The lowest BCUT2D eigenvalue weighted by atomic mass is 9.95. The molecule has 19 heavy (non-hydrogen) atoms.